The van der Waals surface area contributed by atoms with Crippen molar-refractivity contribution in [3.05, 3.63) is 29.3 Å². The molecule has 1 amide bonds. The fourth-order valence-corrected chi connectivity index (χ4v) is 1.67. The minimum Gasteiger partial charge on any atom is -0.492 e. The Bertz CT molecular complexity index is 415. The van der Waals surface area contributed by atoms with Crippen molar-refractivity contribution in [1.82, 2.24) is 10.2 Å². The maximum absolute atomic E-state index is 11.7. The average Bonchev–Trinajstić information content (AvgIpc) is 2.43. The summed E-state index contributed by atoms with van der Waals surface area (Å²) in [5.41, 5.74) is 0. The summed E-state index contributed by atoms with van der Waals surface area (Å²) in [5.74, 6) is 0.729. The molecule has 0 spiro atoms. The van der Waals surface area contributed by atoms with Crippen LogP contribution in [0.25, 0.3) is 0 Å². The molecule has 1 aromatic carbocycles. The third kappa shape index (κ3) is 6.75. The quantitative estimate of drug-likeness (QED) is 0.701. The normalized spacial score (nSPS) is 10.3. The molecule has 1 aromatic rings. The molecule has 6 heteroatoms. The first-order chi connectivity index (χ1) is 9.63. The Labute approximate surface area is 124 Å². The van der Waals surface area contributed by atoms with E-state index >= 15 is 0 Å². The van der Waals surface area contributed by atoms with E-state index < -0.39 is 0 Å². The lowest BCUT2D eigenvalue weighted by atomic mass is 10.3. The van der Waals surface area contributed by atoms with Gasteiger partial charge in [-0.3, -0.25) is 4.79 Å². The summed E-state index contributed by atoms with van der Waals surface area (Å²) < 4.78 is 10.4. The molecule has 0 aromatic heterocycles. The fourth-order valence-electron chi connectivity index (χ4n) is 1.49. The number of carbonyl (C=O) groups is 1. The molecule has 0 saturated heterocycles. The number of rotatable bonds is 9. The van der Waals surface area contributed by atoms with Gasteiger partial charge in [-0.05, 0) is 18.2 Å². The van der Waals surface area contributed by atoms with Crippen LogP contribution in [0.1, 0.15) is 0 Å². The molecular weight excluding hydrogens is 280 g/mol. The number of hydrogen-bond donors (Lipinski definition) is 1. The SMILES string of the molecule is COCCNCC(=O)N(C)CCOc1cccc(Cl)c1. The zero-order chi connectivity index (χ0) is 14.8. The zero-order valence-electron chi connectivity index (χ0n) is 11.9. The maximum atomic E-state index is 11.7. The molecule has 0 atom stereocenters. The average molecular weight is 301 g/mol. The topological polar surface area (TPSA) is 50.8 Å². The van der Waals surface area contributed by atoms with Crippen LogP contribution in [0.4, 0.5) is 0 Å². The van der Waals surface area contributed by atoms with Gasteiger partial charge in [0.2, 0.25) is 5.91 Å². The van der Waals surface area contributed by atoms with Crippen LogP contribution in [0.2, 0.25) is 5.02 Å². The highest BCUT2D eigenvalue weighted by Gasteiger charge is 2.07. The van der Waals surface area contributed by atoms with E-state index in [0.29, 0.717) is 43.6 Å². The molecule has 1 rings (SSSR count). The molecule has 0 bridgehead atoms. The van der Waals surface area contributed by atoms with Crippen LogP contribution in [-0.2, 0) is 9.53 Å². The lowest BCUT2D eigenvalue weighted by Crippen LogP contribution is -2.38. The van der Waals surface area contributed by atoms with Crippen LogP contribution in [0.5, 0.6) is 5.75 Å². The van der Waals surface area contributed by atoms with Gasteiger partial charge >= 0.3 is 0 Å². The predicted molar refractivity (Wildman–Crippen MR) is 79.3 cm³/mol. The Hall–Kier alpha value is -1.30. The molecule has 0 heterocycles. The van der Waals surface area contributed by atoms with Gasteiger partial charge in [0.1, 0.15) is 12.4 Å². The fraction of sp³-hybridized carbons (Fsp3) is 0.500. The van der Waals surface area contributed by atoms with Crippen molar-refractivity contribution in [3.63, 3.8) is 0 Å². The number of amides is 1. The summed E-state index contributed by atoms with van der Waals surface area (Å²) >= 11 is 5.86. The van der Waals surface area contributed by atoms with Crippen molar-refractivity contribution in [2.45, 2.75) is 0 Å². The molecule has 0 saturated carbocycles. The van der Waals surface area contributed by atoms with E-state index in [1.807, 2.05) is 12.1 Å². The Morgan fingerprint density at radius 3 is 2.90 bits per heavy atom. The molecule has 0 aliphatic carbocycles. The Morgan fingerprint density at radius 2 is 2.20 bits per heavy atom. The minimum atomic E-state index is 0.0239. The number of halogens is 1. The number of nitrogens with one attached hydrogen (secondary N) is 1. The van der Waals surface area contributed by atoms with Crippen LogP contribution < -0.4 is 10.1 Å². The third-order valence-corrected chi connectivity index (χ3v) is 2.91. The molecule has 0 fully saturated rings. The summed E-state index contributed by atoms with van der Waals surface area (Å²) in [5, 5.41) is 3.64. The first-order valence-corrected chi connectivity index (χ1v) is 6.83. The second kappa shape index (κ2) is 9.58. The number of methoxy groups -OCH3 is 1. The van der Waals surface area contributed by atoms with Gasteiger partial charge in [-0.25, -0.2) is 0 Å². The highest BCUT2D eigenvalue weighted by Crippen LogP contribution is 2.16. The van der Waals surface area contributed by atoms with Crippen LogP contribution in [-0.4, -0.2) is 57.8 Å². The van der Waals surface area contributed by atoms with Gasteiger partial charge in [0.25, 0.3) is 0 Å². The van der Waals surface area contributed by atoms with E-state index in [-0.39, 0.29) is 5.91 Å². The highest BCUT2D eigenvalue weighted by atomic mass is 35.5. The first-order valence-electron chi connectivity index (χ1n) is 6.45. The lowest BCUT2D eigenvalue weighted by Gasteiger charge is -2.17. The molecule has 1 N–H and O–H groups in total. The van der Waals surface area contributed by atoms with Crippen molar-refractivity contribution >= 4 is 17.5 Å². The van der Waals surface area contributed by atoms with Crippen LogP contribution in [0.15, 0.2) is 24.3 Å². The summed E-state index contributed by atoms with van der Waals surface area (Å²) in [6.07, 6.45) is 0. The second-order valence-electron chi connectivity index (χ2n) is 4.29. The summed E-state index contributed by atoms with van der Waals surface area (Å²) in [6, 6.07) is 7.19. The maximum Gasteiger partial charge on any atom is 0.236 e. The standard InChI is InChI=1S/C14H21ClN2O3/c1-17(14(18)11-16-6-8-19-2)7-9-20-13-5-3-4-12(15)10-13/h3-5,10,16H,6-9,11H2,1-2H3. The van der Waals surface area contributed by atoms with E-state index in [1.54, 1.807) is 31.2 Å². The van der Waals surface area contributed by atoms with Crippen molar-refractivity contribution in [3.8, 4) is 5.75 Å². The van der Waals surface area contributed by atoms with E-state index in [2.05, 4.69) is 5.32 Å². The first kappa shape index (κ1) is 16.8. The number of benzene rings is 1. The van der Waals surface area contributed by atoms with Gasteiger partial charge in [0.15, 0.2) is 0 Å². The summed E-state index contributed by atoms with van der Waals surface area (Å²) in [7, 11) is 3.38. The van der Waals surface area contributed by atoms with Crippen LogP contribution >= 0.6 is 11.6 Å². The number of nitrogens with zero attached hydrogens (tertiary/aromatic N) is 1. The predicted octanol–water partition coefficient (Wildman–Crippen LogP) is 1.41. The van der Waals surface area contributed by atoms with E-state index in [1.165, 1.54) is 0 Å². The zero-order valence-corrected chi connectivity index (χ0v) is 12.7. The number of likely N-dealkylation sites (N-methyl/N-ethyl adjacent to an activating group) is 1. The smallest absolute Gasteiger partial charge is 0.236 e. The third-order valence-electron chi connectivity index (χ3n) is 2.68. The Morgan fingerprint density at radius 1 is 1.40 bits per heavy atom. The van der Waals surface area contributed by atoms with Gasteiger partial charge < -0.3 is 19.7 Å². The largest absolute Gasteiger partial charge is 0.492 e. The monoisotopic (exact) mass is 300 g/mol. The van der Waals surface area contributed by atoms with Crippen molar-refractivity contribution in [2.24, 2.45) is 0 Å². The highest BCUT2D eigenvalue weighted by molar-refractivity contribution is 6.30. The molecular formula is C14H21ClN2O3. The van der Waals surface area contributed by atoms with Gasteiger partial charge in [0.05, 0.1) is 19.7 Å². The van der Waals surface area contributed by atoms with Crippen molar-refractivity contribution in [1.29, 1.82) is 0 Å². The summed E-state index contributed by atoms with van der Waals surface area (Å²) in [6.45, 7) is 2.51. The Kier molecular flexibility index (Phi) is 8.02. The second-order valence-corrected chi connectivity index (χ2v) is 4.73. The van der Waals surface area contributed by atoms with Gasteiger partial charge in [0, 0.05) is 25.7 Å². The lowest BCUT2D eigenvalue weighted by molar-refractivity contribution is -0.129. The van der Waals surface area contributed by atoms with Gasteiger partial charge in [-0.15, -0.1) is 0 Å². The number of ether oxygens (including phenoxy) is 2. The van der Waals surface area contributed by atoms with E-state index in [4.69, 9.17) is 21.1 Å². The van der Waals surface area contributed by atoms with Crippen LogP contribution in [0, 0.1) is 0 Å². The van der Waals surface area contributed by atoms with E-state index in [0.717, 1.165) is 0 Å². The molecule has 20 heavy (non-hydrogen) atoms. The van der Waals surface area contributed by atoms with Crippen LogP contribution in [0.3, 0.4) is 0 Å². The van der Waals surface area contributed by atoms with Crippen molar-refractivity contribution < 1.29 is 14.3 Å². The molecule has 0 aliphatic heterocycles. The molecule has 0 aliphatic rings. The van der Waals surface area contributed by atoms with E-state index in [9.17, 15) is 4.79 Å². The van der Waals surface area contributed by atoms with Crippen molar-refractivity contribution in [2.75, 3.05) is 47.0 Å². The van der Waals surface area contributed by atoms with Gasteiger partial charge in [-0.2, -0.15) is 0 Å². The molecule has 5 nitrogen and oxygen atoms in total. The minimum absolute atomic E-state index is 0.0239. The summed E-state index contributed by atoms with van der Waals surface area (Å²) in [4.78, 5) is 13.4. The Balaban J connectivity index is 2.18. The van der Waals surface area contributed by atoms with Gasteiger partial charge in [-0.1, -0.05) is 17.7 Å². The molecule has 112 valence electrons. The number of hydrogen-bond acceptors (Lipinski definition) is 4. The molecule has 0 unspecified atom stereocenters. The number of carbonyl (C=O) groups excluding carboxylic acids is 1. The molecule has 0 radical (unpaired) electrons.